The Morgan fingerprint density at radius 2 is 1.83 bits per heavy atom. The van der Waals surface area contributed by atoms with Crippen molar-refractivity contribution in [2.24, 2.45) is 0 Å². The first-order valence-electron chi connectivity index (χ1n) is 8.02. The third-order valence-corrected chi connectivity index (χ3v) is 4.20. The van der Waals surface area contributed by atoms with E-state index in [1.165, 1.54) is 4.57 Å². The minimum atomic E-state index is -0.272. The highest BCUT2D eigenvalue weighted by atomic mass is 16.2. The molecule has 0 aliphatic heterocycles. The second-order valence-corrected chi connectivity index (χ2v) is 5.94. The van der Waals surface area contributed by atoms with Crippen molar-refractivity contribution in [3.05, 3.63) is 75.7 Å². The van der Waals surface area contributed by atoms with Gasteiger partial charge in [-0.1, -0.05) is 35.9 Å². The lowest BCUT2D eigenvalue weighted by Gasteiger charge is -2.14. The largest absolute Gasteiger partial charge is 0.320 e. The quantitative estimate of drug-likeness (QED) is 0.796. The summed E-state index contributed by atoms with van der Waals surface area (Å²) in [5.74, 6) is -0.272. The van der Waals surface area contributed by atoms with E-state index in [0.29, 0.717) is 17.6 Å². The summed E-state index contributed by atoms with van der Waals surface area (Å²) in [7, 11) is 0. The predicted octanol–water partition coefficient (Wildman–Crippen LogP) is 3.89. The number of hydrogen-bond donors (Lipinski definition) is 1. The van der Waals surface area contributed by atoms with Gasteiger partial charge in [0.2, 0.25) is 0 Å². The Labute approximate surface area is 140 Å². The number of hydrogen-bond acceptors (Lipinski definition) is 2. The van der Waals surface area contributed by atoms with Crippen molar-refractivity contribution in [3.63, 3.8) is 0 Å². The van der Waals surface area contributed by atoms with Gasteiger partial charge < -0.3 is 9.88 Å². The Balaban J connectivity index is 2.07. The Bertz CT molecular complexity index is 987. The molecule has 0 aliphatic carbocycles. The summed E-state index contributed by atoms with van der Waals surface area (Å²) >= 11 is 0. The molecule has 1 aromatic heterocycles. The molecule has 3 rings (SSSR count). The molecular weight excluding hydrogens is 300 g/mol. The SMILES string of the molecule is CCn1c(C(=O)Nc2ccc(C)cc2C)cc2ccccc2c1=O. The van der Waals surface area contributed by atoms with E-state index in [0.717, 1.165) is 22.2 Å². The molecule has 3 aromatic rings. The molecule has 0 spiro atoms. The zero-order valence-corrected chi connectivity index (χ0v) is 14.1. The number of amides is 1. The van der Waals surface area contributed by atoms with E-state index in [-0.39, 0.29) is 11.5 Å². The summed E-state index contributed by atoms with van der Waals surface area (Å²) in [6.45, 7) is 6.27. The molecule has 4 heteroatoms. The van der Waals surface area contributed by atoms with Crippen LogP contribution in [0.1, 0.15) is 28.5 Å². The van der Waals surface area contributed by atoms with Crippen LogP contribution in [0.15, 0.2) is 53.3 Å². The third-order valence-electron chi connectivity index (χ3n) is 4.20. The number of nitrogens with one attached hydrogen (secondary N) is 1. The maximum atomic E-state index is 12.8. The van der Waals surface area contributed by atoms with Gasteiger partial charge >= 0.3 is 0 Å². The summed E-state index contributed by atoms with van der Waals surface area (Å²) in [5, 5.41) is 4.32. The fourth-order valence-corrected chi connectivity index (χ4v) is 2.94. The molecule has 0 saturated carbocycles. The number of nitrogens with zero attached hydrogens (tertiary/aromatic N) is 1. The number of rotatable bonds is 3. The molecule has 122 valence electrons. The number of aromatic nitrogens is 1. The van der Waals surface area contributed by atoms with Gasteiger partial charge in [-0.3, -0.25) is 9.59 Å². The zero-order chi connectivity index (χ0) is 17.3. The fraction of sp³-hybridized carbons (Fsp3) is 0.200. The number of fused-ring (bicyclic) bond motifs is 1. The highest BCUT2D eigenvalue weighted by Gasteiger charge is 2.15. The summed E-state index contributed by atoms with van der Waals surface area (Å²) in [6, 6.07) is 15.0. The monoisotopic (exact) mass is 320 g/mol. The molecule has 1 amide bonds. The molecule has 2 aromatic carbocycles. The van der Waals surface area contributed by atoms with Crippen LogP contribution in [0.4, 0.5) is 5.69 Å². The minimum Gasteiger partial charge on any atom is -0.320 e. The first-order valence-corrected chi connectivity index (χ1v) is 8.02. The van der Waals surface area contributed by atoms with Crippen LogP contribution >= 0.6 is 0 Å². The number of carbonyl (C=O) groups excluding carboxylic acids is 1. The van der Waals surface area contributed by atoms with E-state index in [9.17, 15) is 9.59 Å². The van der Waals surface area contributed by atoms with Crippen molar-refractivity contribution in [3.8, 4) is 0 Å². The van der Waals surface area contributed by atoms with Gasteiger partial charge in [-0.05, 0) is 49.9 Å². The smallest absolute Gasteiger partial charge is 0.272 e. The van der Waals surface area contributed by atoms with Crippen molar-refractivity contribution < 1.29 is 4.79 Å². The Kier molecular flexibility index (Phi) is 4.21. The molecular formula is C20H20N2O2. The first kappa shape index (κ1) is 16.0. The van der Waals surface area contributed by atoms with Crippen LogP contribution < -0.4 is 10.9 Å². The normalized spacial score (nSPS) is 10.8. The third kappa shape index (κ3) is 2.83. The number of anilines is 1. The molecule has 0 radical (unpaired) electrons. The lowest BCUT2D eigenvalue weighted by atomic mass is 10.1. The topological polar surface area (TPSA) is 51.1 Å². The molecule has 0 saturated heterocycles. The second kappa shape index (κ2) is 6.32. The average molecular weight is 320 g/mol. The van der Waals surface area contributed by atoms with Crippen molar-refractivity contribution in [1.82, 2.24) is 4.57 Å². The number of aryl methyl sites for hydroxylation is 2. The Hall–Kier alpha value is -2.88. The number of carbonyl (C=O) groups is 1. The van der Waals surface area contributed by atoms with E-state index >= 15 is 0 Å². The van der Waals surface area contributed by atoms with Gasteiger partial charge in [0.25, 0.3) is 11.5 Å². The average Bonchev–Trinajstić information content (AvgIpc) is 2.57. The molecule has 0 aliphatic rings. The van der Waals surface area contributed by atoms with E-state index in [4.69, 9.17) is 0 Å². The lowest BCUT2D eigenvalue weighted by Crippen LogP contribution is -2.28. The summed E-state index contributed by atoms with van der Waals surface area (Å²) < 4.78 is 1.52. The van der Waals surface area contributed by atoms with E-state index < -0.39 is 0 Å². The Morgan fingerprint density at radius 1 is 1.08 bits per heavy atom. The first-order chi connectivity index (χ1) is 11.5. The van der Waals surface area contributed by atoms with Gasteiger partial charge in [-0.2, -0.15) is 0 Å². The van der Waals surface area contributed by atoms with Gasteiger partial charge in [0.1, 0.15) is 5.69 Å². The number of pyridine rings is 1. The van der Waals surface area contributed by atoms with Crippen LogP contribution in [0.25, 0.3) is 10.8 Å². The fourth-order valence-electron chi connectivity index (χ4n) is 2.94. The molecule has 0 atom stereocenters. The van der Waals surface area contributed by atoms with E-state index in [2.05, 4.69) is 5.32 Å². The molecule has 0 bridgehead atoms. The molecule has 4 nitrogen and oxygen atoms in total. The van der Waals surface area contributed by atoms with Crippen LogP contribution in [0, 0.1) is 13.8 Å². The summed E-state index contributed by atoms with van der Waals surface area (Å²) in [5.41, 5.74) is 3.13. The van der Waals surface area contributed by atoms with Crippen LogP contribution in [0.5, 0.6) is 0 Å². The van der Waals surface area contributed by atoms with Gasteiger partial charge in [0.05, 0.1) is 0 Å². The lowest BCUT2D eigenvalue weighted by molar-refractivity contribution is 0.101. The van der Waals surface area contributed by atoms with Gasteiger partial charge in [0.15, 0.2) is 0 Å². The van der Waals surface area contributed by atoms with Gasteiger partial charge in [0, 0.05) is 17.6 Å². The predicted molar refractivity (Wildman–Crippen MR) is 97.8 cm³/mol. The van der Waals surface area contributed by atoms with E-state index in [1.54, 1.807) is 12.1 Å². The summed E-state index contributed by atoms with van der Waals surface area (Å²) in [6.07, 6.45) is 0. The summed E-state index contributed by atoms with van der Waals surface area (Å²) in [4.78, 5) is 25.4. The molecule has 1 N–H and O–H groups in total. The maximum Gasteiger partial charge on any atom is 0.272 e. The van der Waals surface area contributed by atoms with Gasteiger partial charge in [-0.15, -0.1) is 0 Å². The number of benzene rings is 2. The highest BCUT2D eigenvalue weighted by Crippen LogP contribution is 2.18. The minimum absolute atomic E-state index is 0.138. The molecule has 1 heterocycles. The molecule has 0 unspecified atom stereocenters. The maximum absolute atomic E-state index is 12.8. The second-order valence-electron chi connectivity index (χ2n) is 5.94. The van der Waals surface area contributed by atoms with Crippen molar-refractivity contribution in [2.45, 2.75) is 27.3 Å². The molecule has 24 heavy (non-hydrogen) atoms. The Morgan fingerprint density at radius 3 is 2.54 bits per heavy atom. The van der Waals surface area contributed by atoms with Crippen molar-refractivity contribution >= 4 is 22.4 Å². The van der Waals surface area contributed by atoms with Gasteiger partial charge in [-0.25, -0.2) is 0 Å². The van der Waals surface area contributed by atoms with Crippen LogP contribution in [0.2, 0.25) is 0 Å². The van der Waals surface area contributed by atoms with Crippen LogP contribution in [0.3, 0.4) is 0 Å². The zero-order valence-electron chi connectivity index (χ0n) is 14.1. The van der Waals surface area contributed by atoms with Crippen LogP contribution in [-0.2, 0) is 6.54 Å². The van der Waals surface area contributed by atoms with Crippen molar-refractivity contribution in [1.29, 1.82) is 0 Å². The van der Waals surface area contributed by atoms with E-state index in [1.807, 2.05) is 57.2 Å². The van der Waals surface area contributed by atoms with Crippen molar-refractivity contribution in [2.75, 3.05) is 5.32 Å². The standard InChI is InChI=1S/C20H20N2O2/c1-4-22-18(12-15-7-5-6-8-16(15)20(22)24)19(23)21-17-10-9-13(2)11-14(17)3/h5-12H,4H2,1-3H3,(H,21,23). The highest BCUT2D eigenvalue weighted by molar-refractivity contribution is 6.05. The van der Waals surface area contributed by atoms with Crippen LogP contribution in [-0.4, -0.2) is 10.5 Å². The molecule has 0 fully saturated rings.